The second kappa shape index (κ2) is 9.60. The van der Waals surface area contributed by atoms with Crippen LogP contribution in [-0.2, 0) is 11.3 Å². The van der Waals surface area contributed by atoms with Gasteiger partial charge in [0.25, 0.3) is 0 Å². The lowest BCUT2D eigenvalue weighted by Crippen LogP contribution is -2.31. The molecule has 0 aliphatic carbocycles. The van der Waals surface area contributed by atoms with Gasteiger partial charge in [-0.1, -0.05) is 30.7 Å². The van der Waals surface area contributed by atoms with Crippen molar-refractivity contribution < 1.29 is 9.53 Å². The molecule has 0 heterocycles. The van der Waals surface area contributed by atoms with Gasteiger partial charge >= 0.3 is 0 Å². The minimum atomic E-state index is -0.124. The molecule has 0 saturated carbocycles. The number of amides is 1. The highest BCUT2D eigenvalue weighted by molar-refractivity contribution is 8.00. The maximum Gasteiger partial charge on any atom is 0.233 e. The van der Waals surface area contributed by atoms with Crippen molar-refractivity contribution in [2.45, 2.75) is 37.0 Å². The summed E-state index contributed by atoms with van der Waals surface area (Å²) in [7, 11) is 0. The largest absolute Gasteiger partial charge is 0.494 e. The monoisotopic (exact) mass is 363 g/mol. The highest BCUT2D eigenvalue weighted by Gasteiger charge is 2.17. The molecule has 0 bridgehead atoms. The number of hydrogen-bond donors (Lipinski definition) is 1. The van der Waals surface area contributed by atoms with E-state index < -0.39 is 0 Å². The van der Waals surface area contributed by atoms with E-state index in [0.717, 1.165) is 22.6 Å². The van der Waals surface area contributed by atoms with Crippen LogP contribution in [0.1, 0.15) is 25.8 Å². The minimum absolute atomic E-state index is 0.0410. The maximum absolute atomic E-state index is 12.4. The third-order valence-electron chi connectivity index (χ3n) is 3.43. The molecule has 1 atom stereocenters. The van der Waals surface area contributed by atoms with Gasteiger partial charge in [-0.05, 0) is 55.3 Å². The fraction of sp³-hybridized carbons (Fsp3) is 0.316. The first kappa shape index (κ1) is 18.7. The number of thioether (sulfide) groups is 1. The van der Waals surface area contributed by atoms with Gasteiger partial charge in [-0.2, -0.15) is 0 Å². The Morgan fingerprint density at radius 1 is 1.21 bits per heavy atom. The van der Waals surface area contributed by atoms with Crippen LogP contribution in [0.4, 0.5) is 0 Å². The van der Waals surface area contributed by atoms with E-state index in [1.807, 2.05) is 62.4 Å². The number of ether oxygens (including phenoxy) is 1. The van der Waals surface area contributed by atoms with Crippen molar-refractivity contribution in [1.82, 2.24) is 5.32 Å². The summed E-state index contributed by atoms with van der Waals surface area (Å²) in [5, 5.41) is 3.59. The first-order valence-corrected chi connectivity index (χ1v) is 9.29. The Morgan fingerprint density at radius 2 is 1.96 bits per heavy atom. The highest BCUT2D eigenvalue weighted by atomic mass is 35.5. The molecule has 3 nitrogen and oxygen atoms in total. The lowest BCUT2D eigenvalue weighted by molar-refractivity contribution is -0.120. The van der Waals surface area contributed by atoms with E-state index in [9.17, 15) is 4.79 Å². The summed E-state index contributed by atoms with van der Waals surface area (Å²) in [6.45, 7) is 5.10. The molecule has 0 unspecified atom stereocenters. The normalized spacial score (nSPS) is 11.8. The van der Waals surface area contributed by atoms with Crippen LogP contribution in [0.5, 0.6) is 5.75 Å². The number of benzene rings is 2. The molecule has 128 valence electrons. The van der Waals surface area contributed by atoms with Crippen LogP contribution in [0.2, 0.25) is 5.02 Å². The zero-order valence-electron chi connectivity index (χ0n) is 13.9. The van der Waals surface area contributed by atoms with Gasteiger partial charge in [-0.3, -0.25) is 4.79 Å². The van der Waals surface area contributed by atoms with E-state index in [1.54, 1.807) is 11.8 Å². The third kappa shape index (κ3) is 5.77. The van der Waals surface area contributed by atoms with E-state index in [1.165, 1.54) is 0 Å². The Bertz CT molecular complexity index is 661. The molecule has 0 saturated heterocycles. The Kier molecular flexibility index (Phi) is 7.47. The van der Waals surface area contributed by atoms with Crippen LogP contribution in [0.25, 0.3) is 0 Å². The van der Waals surface area contributed by atoms with Gasteiger partial charge in [0.2, 0.25) is 5.91 Å². The number of rotatable bonds is 8. The third-order valence-corrected chi connectivity index (χ3v) is 5.06. The SMILES string of the molecule is CCOc1cccc(CNC(=O)[C@H](CC)Sc2ccc(Cl)cc2)c1. The smallest absolute Gasteiger partial charge is 0.233 e. The molecule has 24 heavy (non-hydrogen) atoms. The Morgan fingerprint density at radius 3 is 2.62 bits per heavy atom. The second-order valence-corrected chi connectivity index (χ2v) is 6.98. The molecule has 0 radical (unpaired) electrons. The standard InChI is InChI=1S/C19H22ClNO2S/c1-3-18(24-17-10-8-15(20)9-11-17)19(22)21-13-14-6-5-7-16(12-14)23-4-2/h5-12,18H,3-4,13H2,1-2H3,(H,21,22)/t18-/m0/s1. The van der Waals surface area contributed by atoms with Crippen molar-refractivity contribution in [2.75, 3.05) is 6.61 Å². The number of halogens is 1. The summed E-state index contributed by atoms with van der Waals surface area (Å²) >= 11 is 7.46. The molecule has 2 aromatic carbocycles. The van der Waals surface area contributed by atoms with Gasteiger partial charge in [0.1, 0.15) is 5.75 Å². The van der Waals surface area contributed by atoms with Gasteiger partial charge in [0.15, 0.2) is 0 Å². The van der Waals surface area contributed by atoms with Gasteiger partial charge in [0, 0.05) is 16.5 Å². The van der Waals surface area contributed by atoms with Crippen molar-refractivity contribution in [3.8, 4) is 5.75 Å². The van der Waals surface area contributed by atoms with Gasteiger partial charge < -0.3 is 10.1 Å². The number of carbonyl (C=O) groups is 1. The minimum Gasteiger partial charge on any atom is -0.494 e. The zero-order chi connectivity index (χ0) is 17.4. The number of hydrogen-bond acceptors (Lipinski definition) is 3. The van der Waals surface area contributed by atoms with Gasteiger partial charge in [-0.15, -0.1) is 11.8 Å². The fourth-order valence-electron chi connectivity index (χ4n) is 2.21. The molecular weight excluding hydrogens is 342 g/mol. The zero-order valence-corrected chi connectivity index (χ0v) is 15.5. The lowest BCUT2D eigenvalue weighted by Gasteiger charge is -2.15. The average Bonchev–Trinajstić information content (AvgIpc) is 2.60. The maximum atomic E-state index is 12.4. The summed E-state index contributed by atoms with van der Waals surface area (Å²) in [4.78, 5) is 13.5. The molecule has 1 amide bonds. The van der Waals surface area contributed by atoms with E-state index in [-0.39, 0.29) is 11.2 Å². The van der Waals surface area contributed by atoms with Crippen molar-refractivity contribution in [3.63, 3.8) is 0 Å². The van der Waals surface area contributed by atoms with Crippen LogP contribution in [0.15, 0.2) is 53.4 Å². The van der Waals surface area contributed by atoms with Crippen LogP contribution in [0.3, 0.4) is 0 Å². The molecule has 0 spiro atoms. The lowest BCUT2D eigenvalue weighted by atomic mass is 10.2. The summed E-state index contributed by atoms with van der Waals surface area (Å²) in [5.41, 5.74) is 1.03. The van der Waals surface area contributed by atoms with Crippen molar-refractivity contribution in [2.24, 2.45) is 0 Å². The van der Waals surface area contributed by atoms with E-state index in [4.69, 9.17) is 16.3 Å². The molecule has 0 aliphatic heterocycles. The first-order chi connectivity index (χ1) is 11.6. The molecule has 5 heteroatoms. The molecule has 0 aliphatic rings. The predicted octanol–water partition coefficient (Wildman–Crippen LogP) is 4.93. The predicted molar refractivity (Wildman–Crippen MR) is 101 cm³/mol. The van der Waals surface area contributed by atoms with Crippen molar-refractivity contribution in [3.05, 3.63) is 59.1 Å². The number of carbonyl (C=O) groups excluding carboxylic acids is 1. The summed E-state index contributed by atoms with van der Waals surface area (Å²) in [6.07, 6.45) is 0.762. The van der Waals surface area contributed by atoms with Crippen LogP contribution >= 0.6 is 23.4 Å². The van der Waals surface area contributed by atoms with Crippen LogP contribution in [-0.4, -0.2) is 17.8 Å². The first-order valence-electron chi connectivity index (χ1n) is 8.04. The summed E-state index contributed by atoms with van der Waals surface area (Å²) < 4.78 is 5.48. The molecule has 2 aromatic rings. The van der Waals surface area contributed by atoms with E-state index in [0.29, 0.717) is 18.2 Å². The molecule has 0 aromatic heterocycles. The van der Waals surface area contributed by atoms with Crippen LogP contribution in [0, 0.1) is 0 Å². The average molecular weight is 364 g/mol. The quantitative estimate of drug-likeness (QED) is 0.676. The Balaban J connectivity index is 1.91. The summed E-state index contributed by atoms with van der Waals surface area (Å²) in [5.74, 6) is 0.867. The molecular formula is C19H22ClNO2S. The molecule has 1 N–H and O–H groups in total. The van der Waals surface area contributed by atoms with Crippen molar-refractivity contribution >= 4 is 29.3 Å². The fourth-order valence-corrected chi connectivity index (χ4v) is 3.32. The van der Waals surface area contributed by atoms with Crippen LogP contribution < -0.4 is 10.1 Å². The molecule has 2 rings (SSSR count). The van der Waals surface area contributed by atoms with E-state index in [2.05, 4.69) is 5.32 Å². The molecule has 0 fully saturated rings. The van der Waals surface area contributed by atoms with E-state index >= 15 is 0 Å². The van der Waals surface area contributed by atoms with Gasteiger partial charge in [0.05, 0.1) is 11.9 Å². The Labute approximate surface area is 152 Å². The van der Waals surface area contributed by atoms with Gasteiger partial charge in [-0.25, -0.2) is 0 Å². The number of nitrogens with one attached hydrogen (secondary N) is 1. The van der Waals surface area contributed by atoms with Crippen molar-refractivity contribution in [1.29, 1.82) is 0 Å². The highest BCUT2D eigenvalue weighted by Crippen LogP contribution is 2.27. The summed E-state index contributed by atoms with van der Waals surface area (Å²) in [6, 6.07) is 15.4. The Hall–Kier alpha value is -1.65. The second-order valence-electron chi connectivity index (χ2n) is 5.27. The topological polar surface area (TPSA) is 38.3 Å².